The number of anilines is 1. The van der Waals surface area contributed by atoms with Gasteiger partial charge in [-0.1, -0.05) is 12.1 Å². The molecular weight excluding hydrogens is 395 g/mol. The highest BCUT2D eigenvalue weighted by molar-refractivity contribution is 6.08. The van der Waals surface area contributed by atoms with E-state index in [2.05, 4.69) is 5.32 Å². The first-order valence-corrected chi connectivity index (χ1v) is 8.42. The SMILES string of the molecule is COc1cccc(/C=C(/C#N)C(=O)NC(N)=O)c1OCC(=O)Nc1ccc(F)cc1. The molecule has 30 heavy (non-hydrogen) atoms. The van der Waals surface area contributed by atoms with Crippen LogP contribution in [0.15, 0.2) is 48.0 Å². The summed E-state index contributed by atoms with van der Waals surface area (Å²) in [5.41, 5.74) is 5.10. The maximum absolute atomic E-state index is 12.9. The van der Waals surface area contributed by atoms with Gasteiger partial charge in [0.1, 0.15) is 17.5 Å². The predicted octanol–water partition coefficient (Wildman–Crippen LogP) is 1.95. The topological polar surface area (TPSA) is 144 Å². The number of hydrogen-bond acceptors (Lipinski definition) is 6. The van der Waals surface area contributed by atoms with Gasteiger partial charge in [0.05, 0.1) is 7.11 Å². The molecular formula is C20H17FN4O5. The largest absolute Gasteiger partial charge is 0.493 e. The van der Waals surface area contributed by atoms with Crippen molar-refractivity contribution in [3.63, 3.8) is 0 Å². The number of nitrogens with zero attached hydrogens (tertiary/aromatic N) is 1. The number of benzene rings is 2. The molecule has 2 aromatic rings. The third-order valence-corrected chi connectivity index (χ3v) is 3.61. The zero-order chi connectivity index (χ0) is 22.1. The van der Waals surface area contributed by atoms with Gasteiger partial charge in [-0.2, -0.15) is 5.26 Å². The third kappa shape index (κ3) is 6.07. The number of primary amides is 1. The average molecular weight is 412 g/mol. The number of hydrogen-bond donors (Lipinski definition) is 3. The summed E-state index contributed by atoms with van der Waals surface area (Å²) in [5, 5.41) is 13.5. The van der Waals surface area contributed by atoms with Gasteiger partial charge >= 0.3 is 6.03 Å². The van der Waals surface area contributed by atoms with E-state index in [0.717, 1.165) is 6.08 Å². The first-order valence-electron chi connectivity index (χ1n) is 8.42. The quantitative estimate of drug-likeness (QED) is 0.468. The highest BCUT2D eigenvalue weighted by Gasteiger charge is 2.16. The van der Waals surface area contributed by atoms with E-state index in [1.165, 1.54) is 37.4 Å². The van der Waals surface area contributed by atoms with Gasteiger partial charge < -0.3 is 20.5 Å². The van der Waals surface area contributed by atoms with E-state index < -0.39 is 35.8 Å². The number of ether oxygens (including phenoxy) is 2. The lowest BCUT2D eigenvalue weighted by Gasteiger charge is -2.13. The molecule has 0 unspecified atom stereocenters. The highest BCUT2D eigenvalue weighted by Crippen LogP contribution is 2.32. The standard InChI is InChI=1S/C20H17FN4O5/c1-29-16-4-2-3-12(9-13(10-22)19(27)25-20(23)28)18(16)30-11-17(26)24-15-7-5-14(21)6-8-15/h2-9H,11H2,1H3,(H,24,26)(H3,23,25,27,28)/b13-9-. The average Bonchev–Trinajstić information content (AvgIpc) is 2.71. The molecule has 2 rings (SSSR count). The summed E-state index contributed by atoms with van der Waals surface area (Å²) in [6.07, 6.45) is 1.16. The smallest absolute Gasteiger partial charge is 0.319 e. The molecule has 2 aromatic carbocycles. The van der Waals surface area contributed by atoms with Gasteiger partial charge in [-0.15, -0.1) is 0 Å². The Labute approximate surface area is 170 Å². The Morgan fingerprint density at radius 1 is 1.20 bits per heavy atom. The van der Waals surface area contributed by atoms with Gasteiger partial charge in [-0.05, 0) is 36.4 Å². The number of para-hydroxylation sites is 1. The number of carbonyl (C=O) groups excluding carboxylic acids is 3. The number of nitriles is 1. The van der Waals surface area contributed by atoms with Gasteiger partial charge in [0.25, 0.3) is 11.8 Å². The van der Waals surface area contributed by atoms with Crippen molar-refractivity contribution in [2.75, 3.05) is 19.0 Å². The molecule has 4 amide bonds. The van der Waals surface area contributed by atoms with Crippen LogP contribution in [0.25, 0.3) is 6.08 Å². The fraction of sp³-hybridized carbons (Fsp3) is 0.100. The van der Waals surface area contributed by atoms with Crippen LogP contribution in [-0.4, -0.2) is 31.6 Å². The number of nitrogens with one attached hydrogen (secondary N) is 2. The van der Waals surface area contributed by atoms with Gasteiger partial charge in [0.15, 0.2) is 18.1 Å². The summed E-state index contributed by atoms with van der Waals surface area (Å²) in [7, 11) is 1.37. The lowest BCUT2D eigenvalue weighted by atomic mass is 10.1. The monoisotopic (exact) mass is 412 g/mol. The zero-order valence-electron chi connectivity index (χ0n) is 15.8. The minimum atomic E-state index is -1.11. The molecule has 0 aromatic heterocycles. The third-order valence-electron chi connectivity index (χ3n) is 3.61. The molecule has 0 saturated heterocycles. The van der Waals surface area contributed by atoms with Crippen LogP contribution >= 0.6 is 0 Å². The molecule has 10 heteroatoms. The summed E-state index contributed by atoms with van der Waals surface area (Å²) >= 11 is 0. The van der Waals surface area contributed by atoms with E-state index in [4.69, 9.17) is 15.2 Å². The minimum absolute atomic E-state index is 0.0916. The van der Waals surface area contributed by atoms with Crippen molar-refractivity contribution in [1.82, 2.24) is 5.32 Å². The van der Waals surface area contributed by atoms with Crippen molar-refractivity contribution in [3.05, 3.63) is 59.4 Å². The Hall–Kier alpha value is -4.39. The molecule has 9 nitrogen and oxygen atoms in total. The first-order chi connectivity index (χ1) is 14.3. The second-order valence-corrected chi connectivity index (χ2v) is 5.71. The summed E-state index contributed by atoms with van der Waals surface area (Å²) < 4.78 is 23.7. The maximum Gasteiger partial charge on any atom is 0.319 e. The molecule has 0 aliphatic carbocycles. The van der Waals surface area contributed by atoms with Crippen molar-refractivity contribution < 1.29 is 28.2 Å². The summed E-state index contributed by atoms with van der Waals surface area (Å²) in [5.74, 6) is -1.63. The van der Waals surface area contributed by atoms with Gasteiger partial charge in [0, 0.05) is 11.3 Å². The van der Waals surface area contributed by atoms with Crippen LogP contribution in [0, 0.1) is 17.1 Å². The van der Waals surface area contributed by atoms with Crippen LogP contribution in [-0.2, 0) is 9.59 Å². The summed E-state index contributed by atoms with van der Waals surface area (Å²) in [6.45, 7) is -0.437. The van der Waals surface area contributed by atoms with Crippen LogP contribution in [0.4, 0.5) is 14.9 Å². The molecule has 0 radical (unpaired) electrons. The van der Waals surface area contributed by atoms with Crippen LogP contribution in [0.1, 0.15) is 5.56 Å². The van der Waals surface area contributed by atoms with Crippen molar-refractivity contribution in [2.24, 2.45) is 5.73 Å². The number of halogens is 1. The number of nitrogens with two attached hydrogens (primary N) is 1. The van der Waals surface area contributed by atoms with Crippen LogP contribution in [0.2, 0.25) is 0 Å². The number of urea groups is 1. The highest BCUT2D eigenvalue weighted by atomic mass is 19.1. The number of amides is 4. The van der Waals surface area contributed by atoms with Crippen molar-refractivity contribution in [1.29, 1.82) is 5.26 Å². The second-order valence-electron chi connectivity index (χ2n) is 5.71. The minimum Gasteiger partial charge on any atom is -0.493 e. The number of methoxy groups -OCH3 is 1. The number of carbonyl (C=O) groups is 3. The Kier molecular flexibility index (Phi) is 7.47. The lowest BCUT2D eigenvalue weighted by molar-refractivity contribution is -0.118. The van der Waals surface area contributed by atoms with Crippen molar-refractivity contribution in [2.45, 2.75) is 0 Å². The number of rotatable bonds is 7. The van der Waals surface area contributed by atoms with Gasteiger partial charge in [-0.3, -0.25) is 14.9 Å². The van der Waals surface area contributed by atoms with Crippen molar-refractivity contribution >= 4 is 29.6 Å². The normalized spacial score (nSPS) is 10.5. The predicted molar refractivity (Wildman–Crippen MR) is 105 cm³/mol. The van der Waals surface area contributed by atoms with Crippen LogP contribution in [0.5, 0.6) is 11.5 Å². The Morgan fingerprint density at radius 3 is 2.50 bits per heavy atom. The van der Waals surface area contributed by atoms with E-state index in [-0.39, 0.29) is 17.1 Å². The molecule has 0 fully saturated rings. The number of imide groups is 1. The maximum atomic E-state index is 12.9. The van der Waals surface area contributed by atoms with Gasteiger partial charge in [0.2, 0.25) is 0 Å². The lowest BCUT2D eigenvalue weighted by Crippen LogP contribution is -2.35. The van der Waals surface area contributed by atoms with Crippen LogP contribution in [0.3, 0.4) is 0 Å². The molecule has 0 heterocycles. The summed E-state index contributed by atoms with van der Waals surface area (Å²) in [6, 6.07) is 10.4. The van der Waals surface area contributed by atoms with E-state index in [0.29, 0.717) is 5.69 Å². The Balaban J connectivity index is 2.22. The molecule has 0 bridgehead atoms. The molecule has 0 aliphatic heterocycles. The molecule has 0 atom stereocenters. The van der Waals surface area contributed by atoms with E-state index >= 15 is 0 Å². The van der Waals surface area contributed by atoms with E-state index in [1.807, 2.05) is 0 Å². The van der Waals surface area contributed by atoms with Crippen LogP contribution < -0.4 is 25.8 Å². The molecule has 0 aliphatic rings. The fourth-order valence-electron chi connectivity index (χ4n) is 2.31. The molecule has 0 spiro atoms. The van der Waals surface area contributed by atoms with E-state index in [9.17, 15) is 24.0 Å². The van der Waals surface area contributed by atoms with Crippen molar-refractivity contribution in [3.8, 4) is 17.6 Å². The first kappa shape index (κ1) is 21.9. The molecule has 154 valence electrons. The second kappa shape index (κ2) is 10.2. The Morgan fingerprint density at radius 2 is 1.90 bits per heavy atom. The zero-order valence-corrected chi connectivity index (χ0v) is 15.8. The summed E-state index contributed by atoms with van der Waals surface area (Å²) in [4.78, 5) is 34.9. The molecule has 0 saturated carbocycles. The Bertz CT molecular complexity index is 1030. The van der Waals surface area contributed by atoms with Gasteiger partial charge in [-0.25, -0.2) is 9.18 Å². The van der Waals surface area contributed by atoms with E-state index in [1.54, 1.807) is 23.5 Å². The molecule has 4 N–H and O–H groups in total. The fourth-order valence-corrected chi connectivity index (χ4v) is 2.31.